The monoisotopic (exact) mass is 296 g/mol. The molecule has 0 heterocycles. The lowest BCUT2D eigenvalue weighted by Gasteiger charge is -2.17. The quantitative estimate of drug-likeness (QED) is 0.397. The Morgan fingerprint density at radius 2 is 1.76 bits per heavy atom. The Bertz CT molecular complexity index is 442. The molecule has 1 rings (SSSR count). The number of carbonyl (C=O) groups is 1. The number of hydrogen-bond donors (Lipinski definition) is 0. The molecule has 21 heavy (non-hydrogen) atoms. The van der Waals surface area contributed by atoms with Crippen molar-refractivity contribution < 1.29 is 23.7 Å². The number of esters is 1. The lowest BCUT2D eigenvalue weighted by atomic mass is 9.99. The summed E-state index contributed by atoms with van der Waals surface area (Å²) in [5.41, 5.74) is 1.33. The van der Waals surface area contributed by atoms with Crippen LogP contribution in [0.3, 0.4) is 0 Å². The number of ether oxygens (including phenoxy) is 4. The molecule has 0 aliphatic carbocycles. The van der Waals surface area contributed by atoms with E-state index in [0.29, 0.717) is 24.5 Å². The van der Waals surface area contributed by atoms with E-state index in [1.54, 1.807) is 6.07 Å². The van der Waals surface area contributed by atoms with Crippen molar-refractivity contribution in [2.45, 2.75) is 33.6 Å². The molecule has 0 fully saturated rings. The molecular weight excluding hydrogens is 272 g/mol. The third kappa shape index (κ3) is 5.36. The van der Waals surface area contributed by atoms with Crippen molar-refractivity contribution in [2.75, 3.05) is 26.8 Å². The van der Waals surface area contributed by atoms with Gasteiger partial charge in [0.15, 0.2) is 13.6 Å². The average Bonchev–Trinajstić information content (AvgIpc) is 2.47. The Labute approximate surface area is 126 Å². The molecule has 118 valence electrons. The number of hydrogen-bond acceptors (Lipinski definition) is 5. The van der Waals surface area contributed by atoms with E-state index < -0.39 is 5.97 Å². The van der Waals surface area contributed by atoms with E-state index >= 15 is 0 Å². The van der Waals surface area contributed by atoms with Gasteiger partial charge in [0.1, 0.15) is 11.3 Å². The van der Waals surface area contributed by atoms with Gasteiger partial charge in [-0.3, -0.25) is 0 Å². The van der Waals surface area contributed by atoms with Gasteiger partial charge in [0.05, 0.1) is 0 Å². The van der Waals surface area contributed by atoms with Crippen molar-refractivity contribution >= 4 is 5.97 Å². The van der Waals surface area contributed by atoms with Crippen LogP contribution >= 0.6 is 0 Å². The number of benzene rings is 1. The van der Waals surface area contributed by atoms with Crippen molar-refractivity contribution in [1.82, 2.24) is 0 Å². The van der Waals surface area contributed by atoms with Crippen LogP contribution in [0.4, 0.5) is 0 Å². The highest BCUT2D eigenvalue weighted by Gasteiger charge is 2.19. The highest BCUT2D eigenvalue weighted by Crippen LogP contribution is 2.30. The van der Waals surface area contributed by atoms with Gasteiger partial charge in [-0.15, -0.1) is 0 Å². The summed E-state index contributed by atoms with van der Waals surface area (Å²) in [6.07, 6.45) is 0. The highest BCUT2D eigenvalue weighted by atomic mass is 16.7. The molecule has 0 amide bonds. The SMILES string of the molecule is CCOCOC(=O)c1cccc(C(C)C)c1OCOCC. The van der Waals surface area contributed by atoms with Crippen LogP contribution in [0.1, 0.15) is 49.5 Å². The Morgan fingerprint density at radius 3 is 2.38 bits per heavy atom. The molecule has 1 aromatic rings. The Hall–Kier alpha value is -1.59. The van der Waals surface area contributed by atoms with Gasteiger partial charge in [0.2, 0.25) is 0 Å². The summed E-state index contributed by atoms with van der Waals surface area (Å²) in [5.74, 6) is 0.279. The van der Waals surface area contributed by atoms with Gasteiger partial charge in [-0.25, -0.2) is 4.79 Å². The van der Waals surface area contributed by atoms with Crippen molar-refractivity contribution in [3.63, 3.8) is 0 Å². The van der Waals surface area contributed by atoms with Crippen LogP contribution in [-0.4, -0.2) is 32.8 Å². The summed E-state index contributed by atoms with van der Waals surface area (Å²) in [6, 6.07) is 5.44. The summed E-state index contributed by atoms with van der Waals surface area (Å²) < 4.78 is 20.9. The smallest absolute Gasteiger partial charge is 0.344 e. The molecule has 5 nitrogen and oxygen atoms in total. The Morgan fingerprint density at radius 1 is 1.10 bits per heavy atom. The van der Waals surface area contributed by atoms with Gasteiger partial charge in [-0.05, 0) is 31.4 Å². The zero-order valence-electron chi connectivity index (χ0n) is 13.2. The maximum absolute atomic E-state index is 12.1. The minimum atomic E-state index is -0.461. The van der Waals surface area contributed by atoms with Crippen LogP contribution < -0.4 is 4.74 Å². The second kappa shape index (κ2) is 9.37. The van der Waals surface area contributed by atoms with E-state index in [1.807, 2.05) is 39.8 Å². The molecular formula is C16H24O5. The Kier molecular flexibility index (Phi) is 7.79. The lowest BCUT2D eigenvalue weighted by Crippen LogP contribution is -2.13. The molecule has 0 bridgehead atoms. The number of para-hydroxylation sites is 1. The molecule has 0 saturated heterocycles. The second-order valence-corrected chi connectivity index (χ2v) is 4.68. The van der Waals surface area contributed by atoms with Crippen LogP contribution in [0, 0.1) is 0 Å². The summed E-state index contributed by atoms with van der Waals surface area (Å²) >= 11 is 0. The minimum absolute atomic E-state index is 0.0634. The molecule has 5 heteroatoms. The molecule has 0 unspecified atom stereocenters. The lowest BCUT2D eigenvalue weighted by molar-refractivity contribution is -0.0282. The fraction of sp³-hybridized carbons (Fsp3) is 0.562. The van der Waals surface area contributed by atoms with E-state index in [0.717, 1.165) is 5.56 Å². The summed E-state index contributed by atoms with van der Waals surface area (Å²) in [6.45, 7) is 8.88. The first kappa shape index (κ1) is 17.5. The maximum Gasteiger partial charge on any atom is 0.344 e. The van der Waals surface area contributed by atoms with Crippen LogP contribution in [-0.2, 0) is 14.2 Å². The van der Waals surface area contributed by atoms with Gasteiger partial charge in [0, 0.05) is 13.2 Å². The second-order valence-electron chi connectivity index (χ2n) is 4.68. The predicted octanol–water partition coefficient (Wildman–Crippen LogP) is 3.33. The van der Waals surface area contributed by atoms with Gasteiger partial charge < -0.3 is 18.9 Å². The van der Waals surface area contributed by atoms with Gasteiger partial charge in [-0.2, -0.15) is 0 Å². The largest absolute Gasteiger partial charge is 0.466 e. The van der Waals surface area contributed by atoms with Crippen LogP contribution in [0.2, 0.25) is 0 Å². The summed E-state index contributed by atoms with van der Waals surface area (Å²) in [4.78, 5) is 12.1. The third-order valence-electron chi connectivity index (χ3n) is 2.86. The topological polar surface area (TPSA) is 54.0 Å². The number of rotatable bonds is 9. The molecule has 0 N–H and O–H groups in total. The maximum atomic E-state index is 12.1. The first-order chi connectivity index (χ1) is 10.1. The highest BCUT2D eigenvalue weighted by molar-refractivity contribution is 5.93. The van der Waals surface area contributed by atoms with E-state index in [-0.39, 0.29) is 19.5 Å². The first-order valence-electron chi connectivity index (χ1n) is 7.20. The summed E-state index contributed by atoms with van der Waals surface area (Å²) in [5, 5.41) is 0. The normalized spacial score (nSPS) is 10.7. The van der Waals surface area contributed by atoms with Gasteiger partial charge in [-0.1, -0.05) is 26.0 Å². The average molecular weight is 296 g/mol. The van der Waals surface area contributed by atoms with Crippen LogP contribution in [0.25, 0.3) is 0 Å². The zero-order chi connectivity index (χ0) is 15.7. The molecule has 0 aromatic heterocycles. The van der Waals surface area contributed by atoms with Crippen molar-refractivity contribution in [3.8, 4) is 5.75 Å². The molecule has 0 aliphatic heterocycles. The molecule has 0 saturated carbocycles. The van der Waals surface area contributed by atoms with Gasteiger partial charge in [0.25, 0.3) is 0 Å². The van der Waals surface area contributed by atoms with E-state index in [1.165, 1.54) is 0 Å². The van der Waals surface area contributed by atoms with Gasteiger partial charge >= 0.3 is 5.97 Å². The van der Waals surface area contributed by atoms with Crippen molar-refractivity contribution in [1.29, 1.82) is 0 Å². The van der Waals surface area contributed by atoms with E-state index in [4.69, 9.17) is 18.9 Å². The van der Waals surface area contributed by atoms with Crippen molar-refractivity contribution in [2.24, 2.45) is 0 Å². The standard InChI is InChI=1S/C16H24O5/c1-5-18-10-20-15-13(12(3)4)8-7-9-14(15)16(17)21-11-19-6-2/h7-9,12H,5-6,10-11H2,1-4H3. The molecule has 0 aliphatic rings. The van der Waals surface area contributed by atoms with E-state index in [2.05, 4.69) is 0 Å². The number of carbonyl (C=O) groups excluding carboxylic acids is 1. The molecule has 1 aromatic carbocycles. The van der Waals surface area contributed by atoms with Crippen LogP contribution in [0.15, 0.2) is 18.2 Å². The van der Waals surface area contributed by atoms with E-state index in [9.17, 15) is 4.79 Å². The third-order valence-corrected chi connectivity index (χ3v) is 2.86. The molecule has 0 spiro atoms. The summed E-state index contributed by atoms with van der Waals surface area (Å²) in [7, 11) is 0. The Balaban J connectivity index is 2.94. The molecule has 0 radical (unpaired) electrons. The van der Waals surface area contributed by atoms with Crippen LogP contribution in [0.5, 0.6) is 5.75 Å². The predicted molar refractivity (Wildman–Crippen MR) is 79.6 cm³/mol. The minimum Gasteiger partial charge on any atom is -0.466 e. The molecule has 0 atom stereocenters. The fourth-order valence-electron chi connectivity index (χ4n) is 1.77. The fourth-order valence-corrected chi connectivity index (χ4v) is 1.77. The first-order valence-corrected chi connectivity index (χ1v) is 7.20. The van der Waals surface area contributed by atoms with Crippen molar-refractivity contribution in [3.05, 3.63) is 29.3 Å². The zero-order valence-corrected chi connectivity index (χ0v) is 13.2.